The third kappa shape index (κ3) is 5.26. The highest BCUT2D eigenvalue weighted by Crippen LogP contribution is 2.17. The molecule has 0 aliphatic carbocycles. The van der Waals surface area contributed by atoms with Crippen LogP contribution >= 0.6 is 0 Å². The van der Waals surface area contributed by atoms with E-state index in [9.17, 15) is 27.0 Å². The molecule has 1 aliphatic rings. The number of halogens is 3. The lowest BCUT2D eigenvalue weighted by molar-refractivity contribution is -0.324. The number of nitrogens with two attached hydrogens (primary N) is 1. The van der Waals surface area contributed by atoms with Crippen LogP contribution in [0.5, 0.6) is 0 Å². The summed E-state index contributed by atoms with van der Waals surface area (Å²) in [5.74, 6) is -0.739. The minimum atomic E-state index is -4.82. The zero-order valence-corrected chi connectivity index (χ0v) is 10.2. The summed E-state index contributed by atoms with van der Waals surface area (Å²) in [7, 11) is -1.98. The number of carbonyl (C=O) groups is 2. The van der Waals surface area contributed by atoms with E-state index in [4.69, 9.17) is 5.73 Å². The van der Waals surface area contributed by atoms with Crippen LogP contribution < -0.4 is 11.1 Å². The minimum absolute atomic E-state index is 0.0452. The Morgan fingerprint density at radius 2 is 2.16 bits per heavy atom. The van der Waals surface area contributed by atoms with Gasteiger partial charge in [0, 0.05) is 11.1 Å². The molecule has 1 atom stereocenters. The molecule has 0 aromatic rings. The van der Waals surface area contributed by atoms with Gasteiger partial charge < -0.3 is 11.1 Å². The number of urea groups is 1. The Balaban J connectivity index is 2.58. The molecule has 108 valence electrons. The second-order valence-corrected chi connectivity index (χ2v) is 4.62. The molecule has 1 aliphatic heterocycles. The molecule has 0 saturated carbocycles. The van der Waals surface area contributed by atoms with Gasteiger partial charge in [0.25, 0.3) is 0 Å². The summed E-state index contributed by atoms with van der Waals surface area (Å²) < 4.78 is 50.9. The Morgan fingerprint density at radius 1 is 1.53 bits per heavy atom. The van der Waals surface area contributed by atoms with Gasteiger partial charge in [0.05, 0.1) is 19.6 Å². The monoisotopic (exact) mass is 301 g/mol. The fraction of sp³-hybridized carbons (Fsp3) is 0.500. The molecular weight excluding hydrogens is 291 g/mol. The fourth-order valence-corrected chi connectivity index (χ4v) is 2.18. The van der Waals surface area contributed by atoms with Gasteiger partial charge in [-0.15, -0.1) is 13.2 Å². The van der Waals surface area contributed by atoms with Crippen molar-refractivity contribution in [3.8, 4) is 0 Å². The summed E-state index contributed by atoms with van der Waals surface area (Å²) >= 11 is 0. The van der Waals surface area contributed by atoms with E-state index in [1.54, 1.807) is 0 Å². The quantitative estimate of drug-likeness (QED) is 0.742. The molecule has 0 saturated heterocycles. The van der Waals surface area contributed by atoms with Crippen LogP contribution in [0.3, 0.4) is 0 Å². The average Bonchev–Trinajstić information content (AvgIpc) is 2.19. The van der Waals surface area contributed by atoms with Crippen LogP contribution in [0.4, 0.5) is 18.0 Å². The molecule has 19 heavy (non-hydrogen) atoms. The third-order valence-corrected chi connectivity index (χ3v) is 3.15. The first-order valence-electron chi connectivity index (χ1n) is 4.88. The van der Waals surface area contributed by atoms with Crippen LogP contribution in [0.1, 0.15) is 6.42 Å². The second-order valence-electron chi connectivity index (χ2n) is 3.39. The van der Waals surface area contributed by atoms with Crippen molar-refractivity contribution in [1.82, 2.24) is 9.62 Å². The van der Waals surface area contributed by atoms with E-state index < -0.39 is 42.4 Å². The zero-order chi connectivity index (χ0) is 14.6. The number of hydrogen-bond donors (Lipinski definition) is 2. The maximum atomic E-state index is 11.7. The van der Waals surface area contributed by atoms with Gasteiger partial charge in [0.15, 0.2) is 11.0 Å². The molecule has 1 heterocycles. The van der Waals surface area contributed by atoms with Crippen molar-refractivity contribution >= 4 is 22.9 Å². The smallest absolute Gasteiger partial charge is 0.369 e. The number of rotatable bonds is 5. The standard InChI is InChI=1S/C8H10F3N3O4S/c9-8(10,11)18-2-1-14-7(16)13-5(3-6(12)15)4-19(14)17/h4H,1-3H2,(H2,12,15)(H,13,16). The van der Waals surface area contributed by atoms with Crippen LogP contribution in [0, 0.1) is 0 Å². The number of amides is 3. The van der Waals surface area contributed by atoms with Crippen molar-refractivity contribution < 1.29 is 31.7 Å². The van der Waals surface area contributed by atoms with E-state index >= 15 is 0 Å². The Bertz CT molecular complexity index is 437. The van der Waals surface area contributed by atoms with Crippen LogP contribution in [-0.2, 0) is 20.5 Å². The molecule has 1 rings (SSSR count). The maximum Gasteiger partial charge on any atom is 0.522 e. The topological polar surface area (TPSA) is 102 Å². The summed E-state index contributed by atoms with van der Waals surface area (Å²) in [6.45, 7) is -1.36. The highest BCUT2D eigenvalue weighted by atomic mass is 32.2. The molecule has 0 bridgehead atoms. The number of nitrogens with zero attached hydrogens (tertiary/aromatic N) is 1. The van der Waals surface area contributed by atoms with Gasteiger partial charge in [0.2, 0.25) is 5.91 Å². The van der Waals surface area contributed by atoms with Gasteiger partial charge in [-0.05, 0) is 0 Å². The Labute approximate surface area is 108 Å². The van der Waals surface area contributed by atoms with E-state index in [2.05, 4.69) is 10.1 Å². The average molecular weight is 301 g/mol. The van der Waals surface area contributed by atoms with Crippen molar-refractivity contribution in [1.29, 1.82) is 0 Å². The first-order valence-corrected chi connectivity index (χ1v) is 6.05. The molecule has 0 fully saturated rings. The van der Waals surface area contributed by atoms with Gasteiger partial charge >= 0.3 is 12.4 Å². The van der Waals surface area contributed by atoms with E-state index in [1.807, 2.05) is 0 Å². The molecular formula is C8H10F3N3O4S. The van der Waals surface area contributed by atoms with E-state index in [-0.39, 0.29) is 12.1 Å². The molecule has 11 heteroatoms. The lowest BCUT2D eigenvalue weighted by Gasteiger charge is -2.25. The first-order chi connectivity index (χ1) is 8.69. The summed E-state index contributed by atoms with van der Waals surface area (Å²) in [6, 6.07) is -0.886. The Morgan fingerprint density at radius 3 is 2.63 bits per heavy atom. The number of nitrogens with one attached hydrogen (secondary N) is 1. The fourth-order valence-electron chi connectivity index (χ4n) is 1.21. The van der Waals surface area contributed by atoms with E-state index in [0.29, 0.717) is 4.31 Å². The van der Waals surface area contributed by atoms with Crippen LogP contribution in [0.2, 0.25) is 0 Å². The highest BCUT2D eigenvalue weighted by Gasteiger charge is 2.31. The lowest BCUT2D eigenvalue weighted by Crippen LogP contribution is -2.46. The SMILES string of the molecule is NC(=O)CC1=CS(=O)N(CCOC(F)(F)F)C(=O)N1. The molecule has 0 spiro atoms. The number of ether oxygens (including phenoxy) is 1. The van der Waals surface area contributed by atoms with Crippen molar-refractivity contribution in [2.45, 2.75) is 12.8 Å². The number of carbonyl (C=O) groups excluding carboxylic acids is 2. The van der Waals surface area contributed by atoms with Crippen molar-refractivity contribution in [2.75, 3.05) is 13.2 Å². The molecule has 3 N–H and O–H groups in total. The van der Waals surface area contributed by atoms with Gasteiger partial charge in [-0.25, -0.2) is 13.3 Å². The number of alkyl halides is 3. The first kappa shape index (κ1) is 15.4. The highest BCUT2D eigenvalue weighted by molar-refractivity contribution is 7.86. The maximum absolute atomic E-state index is 11.7. The second kappa shape index (κ2) is 6.02. The molecule has 0 radical (unpaired) electrons. The number of hydrogen-bond acceptors (Lipinski definition) is 4. The summed E-state index contributed by atoms with van der Waals surface area (Å²) in [6.07, 6.45) is -5.13. The van der Waals surface area contributed by atoms with Crippen molar-refractivity contribution in [3.63, 3.8) is 0 Å². The zero-order valence-electron chi connectivity index (χ0n) is 9.40. The summed E-state index contributed by atoms with van der Waals surface area (Å²) in [4.78, 5) is 22.1. The lowest BCUT2D eigenvalue weighted by atomic mass is 10.3. The van der Waals surface area contributed by atoms with E-state index in [1.165, 1.54) is 0 Å². The Hall–Kier alpha value is -1.62. The Kier molecular flexibility index (Phi) is 4.89. The molecule has 0 aromatic heterocycles. The third-order valence-electron chi connectivity index (χ3n) is 1.88. The van der Waals surface area contributed by atoms with E-state index in [0.717, 1.165) is 5.41 Å². The largest absolute Gasteiger partial charge is 0.522 e. The van der Waals surface area contributed by atoms with Crippen molar-refractivity contribution in [2.24, 2.45) is 5.73 Å². The number of primary amides is 1. The van der Waals surface area contributed by atoms with Gasteiger partial charge in [-0.1, -0.05) is 0 Å². The van der Waals surface area contributed by atoms with Crippen LogP contribution in [0.15, 0.2) is 11.1 Å². The summed E-state index contributed by atoms with van der Waals surface area (Å²) in [5.41, 5.74) is 4.93. The van der Waals surface area contributed by atoms with Crippen LogP contribution in [0.25, 0.3) is 0 Å². The molecule has 3 amide bonds. The molecule has 7 nitrogen and oxygen atoms in total. The molecule has 1 unspecified atom stereocenters. The van der Waals surface area contributed by atoms with Gasteiger partial charge in [0.1, 0.15) is 0 Å². The predicted octanol–water partition coefficient (Wildman–Crippen LogP) is -0.0715. The van der Waals surface area contributed by atoms with Crippen molar-refractivity contribution in [3.05, 3.63) is 11.1 Å². The molecule has 0 aromatic carbocycles. The summed E-state index contributed by atoms with van der Waals surface area (Å²) in [5, 5.41) is 3.22. The van der Waals surface area contributed by atoms with Crippen LogP contribution in [-0.4, -0.2) is 40.0 Å². The minimum Gasteiger partial charge on any atom is -0.369 e. The predicted molar refractivity (Wildman–Crippen MR) is 57.3 cm³/mol. The normalized spacial score (nSPS) is 19.9. The van der Waals surface area contributed by atoms with Gasteiger partial charge in [-0.2, -0.15) is 0 Å². The van der Waals surface area contributed by atoms with Gasteiger partial charge in [-0.3, -0.25) is 9.53 Å².